The molecule has 0 aromatic heterocycles. The summed E-state index contributed by atoms with van der Waals surface area (Å²) >= 11 is 11.3. The SMILES string of the molecule is O=C(/C=C\c1ccc(Cl)cc1)NC(=S)NC12CC3CC(CC(C3)C1)C2. The highest BCUT2D eigenvalue weighted by atomic mass is 35.5. The number of rotatable bonds is 3. The van der Waals surface area contributed by atoms with Crippen molar-refractivity contribution in [1.29, 1.82) is 0 Å². The lowest BCUT2D eigenvalue weighted by Crippen LogP contribution is -2.61. The molecule has 4 aliphatic rings. The van der Waals surface area contributed by atoms with Crippen molar-refractivity contribution in [3.63, 3.8) is 0 Å². The van der Waals surface area contributed by atoms with Crippen LogP contribution in [0.25, 0.3) is 6.08 Å². The van der Waals surface area contributed by atoms with E-state index in [1.165, 1.54) is 44.6 Å². The van der Waals surface area contributed by atoms with Crippen LogP contribution in [0.3, 0.4) is 0 Å². The highest BCUT2D eigenvalue weighted by molar-refractivity contribution is 7.80. The van der Waals surface area contributed by atoms with Crippen LogP contribution >= 0.6 is 23.8 Å². The summed E-state index contributed by atoms with van der Waals surface area (Å²) in [6.45, 7) is 0. The minimum atomic E-state index is -0.197. The van der Waals surface area contributed by atoms with Gasteiger partial charge in [0.15, 0.2) is 5.11 Å². The van der Waals surface area contributed by atoms with Crippen molar-refractivity contribution in [2.45, 2.75) is 44.1 Å². The van der Waals surface area contributed by atoms with Crippen LogP contribution in [0.1, 0.15) is 44.1 Å². The molecular formula is C20H23ClN2OS. The first-order valence-corrected chi connectivity index (χ1v) is 9.85. The molecule has 1 aromatic rings. The lowest BCUT2D eigenvalue weighted by Gasteiger charge is -2.57. The molecule has 4 fully saturated rings. The minimum absolute atomic E-state index is 0.124. The van der Waals surface area contributed by atoms with E-state index in [0.717, 1.165) is 23.3 Å². The molecule has 1 amide bonds. The first kappa shape index (κ1) is 17.0. The smallest absolute Gasteiger partial charge is 0.250 e. The van der Waals surface area contributed by atoms with Gasteiger partial charge in [-0.05, 0) is 92.3 Å². The topological polar surface area (TPSA) is 41.1 Å². The van der Waals surface area contributed by atoms with Gasteiger partial charge in [-0.3, -0.25) is 10.1 Å². The number of hydrogen-bond acceptors (Lipinski definition) is 2. The van der Waals surface area contributed by atoms with Gasteiger partial charge in [0, 0.05) is 16.6 Å². The first-order chi connectivity index (χ1) is 12.0. The van der Waals surface area contributed by atoms with E-state index in [9.17, 15) is 4.79 Å². The van der Waals surface area contributed by atoms with Crippen molar-refractivity contribution in [3.05, 3.63) is 40.9 Å². The Labute approximate surface area is 159 Å². The summed E-state index contributed by atoms with van der Waals surface area (Å²) in [5.74, 6) is 2.35. The maximum Gasteiger partial charge on any atom is 0.250 e. The second-order valence-electron chi connectivity index (χ2n) is 8.03. The van der Waals surface area contributed by atoms with Crippen LogP contribution in [0.15, 0.2) is 30.3 Å². The summed E-state index contributed by atoms with van der Waals surface area (Å²) < 4.78 is 0. The summed E-state index contributed by atoms with van der Waals surface area (Å²) in [7, 11) is 0. The molecule has 4 bridgehead atoms. The molecule has 5 heteroatoms. The molecule has 132 valence electrons. The standard InChI is InChI=1S/C20H23ClN2OS/c21-17-4-1-13(2-5-17)3-6-18(24)22-19(25)23-20-10-14-7-15(11-20)9-16(8-14)12-20/h1-6,14-16H,7-12H2,(H2,22,23,24,25)/b6-3-. The summed E-state index contributed by atoms with van der Waals surface area (Å²) in [6, 6.07) is 7.35. The Kier molecular flexibility index (Phi) is 4.59. The van der Waals surface area contributed by atoms with Gasteiger partial charge in [-0.25, -0.2) is 0 Å². The summed E-state index contributed by atoms with van der Waals surface area (Å²) in [6.07, 6.45) is 11.1. The van der Waals surface area contributed by atoms with Gasteiger partial charge < -0.3 is 5.32 Å². The predicted octanol–water partition coefficient (Wildman–Crippen LogP) is 4.31. The van der Waals surface area contributed by atoms with Gasteiger partial charge in [-0.1, -0.05) is 23.7 Å². The zero-order valence-corrected chi connectivity index (χ0v) is 15.7. The number of amides is 1. The predicted molar refractivity (Wildman–Crippen MR) is 105 cm³/mol. The first-order valence-electron chi connectivity index (χ1n) is 9.06. The quantitative estimate of drug-likeness (QED) is 0.611. The van der Waals surface area contributed by atoms with Crippen LogP contribution in [-0.4, -0.2) is 16.6 Å². The molecule has 0 heterocycles. The molecule has 25 heavy (non-hydrogen) atoms. The monoisotopic (exact) mass is 374 g/mol. The Morgan fingerprint density at radius 2 is 1.64 bits per heavy atom. The van der Waals surface area contributed by atoms with E-state index in [2.05, 4.69) is 10.6 Å². The third kappa shape index (κ3) is 3.90. The highest BCUT2D eigenvalue weighted by Gasteiger charge is 2.51. The molecular weight excluding hydrogens is 352 g/mol. The normalized spacial score (nSPS) is 32.8. The van der Waals surface area contributed by atoms with Gasteiger partial charge >= 0.3 is 0 Å². The van der Waals surface area contributed by atoms with Crippen LogP contribution < -0.4 is 10.6 Å². The Bertz CT molecular complexity index is 678. The summed E-state index contributed by atoms with van der Waals surface area (Å²) in [5, 5.41) is 7.46. The molecule has 0 unspecified atom stereocenters. The van der Waals surface area contributed by atoms with E-state index in [0.29, 0.717) is 10.1 Å². The van der Waals surface area contributed by atoms with E-state index in [1.54, 1.807) is 18.2 Å². The van der Waals surface area contributed by atoms with Gasteiger partial charge in [0.25, 0.3) is 0 Å². The molecule has 0 radical (unpaired) electrons. The maximum absolute atomic E-state index is 12.1. The summed E-state index contributed by atoms with van der Waals surface area (Å²) in [5.41, 5.74) is 1.05. The number of nitrogens with one attached hydrogen (secondary N) is 2. The molecule has 2 N–H and O–H groups in total. The Balaban J connectivity index is 1.33. The average Bonchev–Trinajstić information content (AvgIpc) is 2.52. The molecule has 4 saturated carbocycles. The number of benzene rings is 1. The number of hydrogen-bond donors (Lipinski definition) is 2. The third-order valence-corrected chi connectivity index (χ3v) is 6.41. The van der Waals surface area contributed by atoms with Crippen LogP contribution in [0.4, 0.5) is 0 Å². The molecule has 5 rings (SSSR count). The fourth-order valence-electron chi connectivity index (χ4n) is 5.44. The lowest BCUT2D eigenvalue weighted by molar-refractivity contribution is -0.115. The Morgan fingerprint density at radius 1 is 1.08 bits per heavy atom. The van der Waals surface area contributed by atoms with E-state index in [-0.39, 0.29) is 11.4 Å². The summed E-state index contributed by atoms with van der Waals surface area (Å²) in [4.78, 5) is 12.1. The van der Waals surface area contributed by atoms with Crippen molar-refractivity contribution in [2.75, 3.05) is 0 Å². The molecule has 0 saturated heterocycles. The van der Waals surface area contributed by atoms with Crippen LogP contribution in [-0.2, 0) is 4.79 Å². The zero-order valence-electron chi connectivity index (χ0n) is 14.1. The van der Waals surface area contributed by atoms with Crippen LogP contribution in [0.2, 0.25) is 5.02 Å². The van der Waals surface area contributed by atoms with Gasteiger partial charge in [0.2, 0.25) is 5.91 Å². The van der Waals surface area contributed by atoms with Crippen molar-refractivity contribution in [3.8, 4) is 0 Å². The Morgan fingerprint density at radius 3 is 2.20 bits per heavy atom. The Hall–Kier alpha value is -1.39. The fraction of sp³-hybridized carbons (Fsp3) is 0.500. The minimum Gasteiger partial charge on any atom is -0.357 e. The van der Waals surface area contributed by atoms with E-state index in [4.69, 9.17) is 23.8 Å². The van der Waals surface area contributed by atoms with Crippen molar-refractivity contribution in [1.82, 2.24) is 10.6 Å². The molecule has 3 nitrogen and oxygen atoms in total. The second-order valence-corrected chi connectivity index (χ2v) is 8.87. The highest BCUT2D eigenvalue weighted by Crippen LogP contribution is 2.55. The zero-order chi connectivity index (χ0) is 17.4. The van der Waals surface area contributed by atoms with Crippen LogP contribution in [0, 0.1) is 17.8 Å². The van der Waals surface area contributed by atoms with Gasteiger partial charge in [0.1, 0.15) is 0 Å². The van der Waals surface area contributed by atoms with Gasteiger partial charge in [-0.2, -0.15) is 0 Å². The third-order valence-electron chi connectivity index (χ3n) is 5.95. The number of carbonyl (C=O) groups is 1. The molecule has 4 aliphatic carbocycles. The van der Waals surface area contributed by atoms with E-state index < -0.39 is 0 Å². The van der Waals surface area contributed by atoms with Crippen molar-refractivity contribution in [2.24, 2.45) is 17.8 Å². The molecule has 0 atom stereocenters. The van der Waals surface area contributed by atoms with Crippen molar-refractivity contribution >= 4 is 40.9 Å². The lowest BCUT2D eigenvalue weighted by atomic mass is 9.53. The van der Waals surface area contributed by atoms with Gasteiger partial charge in [0.05, 0.1) is 0 Å². The largest absolute Gasteiger partial charge is 0.357 e. The molecule has 1 aromatic carbocycles. The number of thiocarbonyl (C=S) groups is 1. The van der Waals surface area contributed by atoms with Crippen LogP contribution in [0.5, 0.6) is 0 Å². The number of carbonyl (C=O) groups excluding carboxylic acids is 1. The van der Waals surface area contributed by atoms with Gasteiger partial charge in [-0.15, -0.1) is 0 Å². The molecule has 0 aliphatic heterocycles. The molecule has 0 spiro atoms. The second kappa shape index (κ2) is 6.73. The average molecular weight is 375 g/mol. The maximum atomic E-state index is 12.1. The fourth-order valence-corrected chi connectivity index (χ4v) is 5.88. The van der Waals surface area contributed by atoms with Crippen molar-refractivity contribution < 1.29 is 4.79 Å². The number of halogens is 1. The van der Waals surface area contributed by atoms with E-state index >= 15 is 0 Å². The van der Waals surface area contributed by atoms with E-state index in [1.807, 2.05) is 12.1 Å².